The van der Waals surface area contributed by atoms with Crippen LogP contribution in [0.5, 0.6) is 0 Å². The summed E-state index contributed by atoms with van der Waals surface area (Å²) in [6, 6.07) is 9.49. The summed E-state index contributed by atoms with van der Waals surface area (Å²) in [5.74, 6) is 0. The van der Waals surface area contributed by atoms with Crippen LogP contribution in [0.3, 0.4) is 0 Å². The molecule has 0 bridgehead atoms. The van der Waals surface area contributed by atoms with Gasteiger partial charge in [0.2, 0.25) is 0 Å². The molecule has 1 atom stereocenters. The van der Waals surface area contributed by atoms with Gasteiger partial charge in [0.05, 0.1) is 0 Å². The Morgan fingerprint density at radius 3 is 2.12 bits per heavy atom. The second-order valence-electron chi connectivity index (χ2n) is 4.53. The van der Waals surface area contributed by atoms with Crippen molar-refractivity contribution in [2.45, 2.75) is 46.7 Å². The molecule has 2 heteroatoms. The van der Waals surface area contributed by atoms with Gasteiger partial charge < -0.3 is 10.2 Å². The average Bonchev–Trinajstić information content (AvgIpc) is 2.38. The van der Waals surface area contributed by atoms with Crippen molar-refractivity contribution >= 4 is 5.69 Å². The highest BCUT2D eigenvalue weighted by Crippen LogP contribution is 2.14. The molecular weight excluding hydrogens is 208 g/mol. The standard InChI is InChI=1S/C15H26N2/c1-5-13(4)16-12-14-8-10-15(11-9-14)17(6-2)7-3/h8-11,13,16H,5-7,12H2,1-4H3. The van der Waals surface area contributed by atoms with E-state index in [4.69, 9.17) is 0 Å². The lowest BCUT2D eigenvalue weighted by molar-refractivity contribution is 0.534. The molecule has 1 unspecified atom stereocenters. The number of rotatable bonds is 7. The van der Waals surface area contributed by atoms with Gasteiger partial charge in [0.15, 0.2) is 0 Å². The van der Waals surface area contributed by atoms with Crippen LogP contribution in [0.1, 0.15) is 39.7 Å². The first-order valence-electron chi connectivity index (χ1n) is 6.78. The molecule has 1 rings (SSSR count). The molecule has 0 saturated carbocycles. The summed E-state index contributed by atoms with van der Waals surface area (Å²) < 4.78 is 0. The summed E-state index contributed by atoms with van der Waals surface area (Å²) in [5.41, 5.74) is 2.68. The monoisotopic (exact) mass is 234 g/mol. The fraction of sp³-hybridized carbons (Fsp3) is 0.600. The van der Waals surface area contributed by atoms with Crippen LogP contribution in [-0.2, 0) is 6.54 Å². The zero-order chi connectivity index (χ0) is 12.7. The summed E-state index contributed by atoms with van der Waals surface area (Å²) in [6.45, 7) is 11.9. The molecule has 0 aliphatic heterocycles. The Morgan fingerprint density at radius 2 is 1.65 bits per heavy atom. The van der Waals surface area contributed by atoms with Crippen molar-refractivity contribution < 1.29 is 0 Å². The van der Waals surface area contributed by atoms with Crippen molar-refractivity contribution in [1.29, 1.82) is 0 Å². The highest BCUT2D eigenvalue weighted by atomic mass is 15.1. The Balaban J connectivity index is 2.55. The molecule has 0 radical (unpaired) electrons. The summed E-state index contributed by atoms with van der Waals surface area (Å²) in [5, 5.41) is 3.51. The lowest BCUT2D eigenvalue weighted by atomic mass is 10.1. The van der Waals surface area contributed by atoms with E-state index in [2.05, 4.69) is 62.2 Å². The van der Waals surface area contributed by atoms with Gasteiger partial charge >= 0.3 is 0 Å². The predicted molar refractivity (Wildman–Crippen MR) is 76.6 cm³/mol. The molecule has 2 nitrogen and oxygen atoms in total. The first-order valence-corrected chi connectivity index (χ1v) is 6.78. The highest BCUT2D eigenvalue weighted by Gasteiger charge is 2.02. The van der Waals surface area contributed by atoms with Crippen molar-refractivity contribution in [2.24, 2.45) is 0 Å². The molecule has 1 aromatic rings. The SMILES string of the molecule is CCC(C)NCc1ccc(N(CC)CC)cc1. The quantitative estimate of drug-likeness (QED) is 0.777. The fourth-order valence-electron chi connectivity index (χ4n) is 1.85. The molecule has 0 aliphatic carbocycles. The van der Waals surface area contributed by atoms with E-state index >= 15 is 0 Å². The van der Waals surface area contributed by atoms with Gasteiger partial charge in [0.25, 0.3) is 0 Å². The maximum atomic E-state index is 3.51. The molecule has 0 saturated heterocycles. The van der Waals surface area contributed by atoms with E-state index < -0.39 is 0 Å². The lowest BCUT2D eigenvalue weighted by Crippen LogP contribution is -2.24. The Morgan fingerprint density at radius 1 is 1.06 bits per heavy atom. The van der Waals surface area contributed by atoms with Gasteiger partial charge in [-0.25, -0.2) is 0 Å². The first-order chi connectivity index (χ1) is 8.21. The van der Waals surface area contributed by atoms with E-state index in [0.29, 0.717) is 6.04 Å². The molecule has 0 fully saturated rings. The van der Waals surface area contributed by atoms with E-state index in [1.807, 2.05) is 0 Å². The van der Waals surface area contributed by atoms with E-state index in [1.165, 1.54) is 17.7 Å². The van der Waals surface area contributed by atoms with Crippen molar-refractivity contribution in [2.75, 3.05) is 18.0 Å². The van der Waals surface area contributed by atoms with Crippen LogP contribution in [0.2, 0.25) is 0 Å². The first kappa shape index (κ1) is 14.0. The van der Waals surface area contributed by atoms with Gasteiger partial charge in [0, 0.05) is 31.4 Å². The largest absolute Gasteiger partial charge is 0.372 e. The maximum absolute atomic E-state index is 3.51. The molecule has 1 aromatic carbocycles. The van der Waals surface area contributed by atoms with Crippen LogP contribution in [0.15, 0.2) is 24.3 Å². The van der Waals surface area contributed by atoms with E-state index in [0.717, 1.165) is 19.6 Å². The Labute approximate surface area is 106 Å². The normalized spacial score (nSPS) is 12.5. The van der Waals surface area contributed by atoms with Crippen LogP contribution < -0.4 is 10.2 Å². The molecular formula is C15H26N2. The van der Waals surface area contributed by atoms with Crippen molar-refractivity contribution in [3.63, 3.8) is 0 Å². The van der Waals surface area contributed by atoms with Crippen molar-refractivity contribution in [3.8, 4) is 0 Å². The lowest BCUT2D eigenvalue weighted by Gasteiger charge is -2.21. The smallest absolute Gasteiger partial charge is 0.0366 e. The number of anilines is 1. The second kappa shape index (κ2) is 7.33. The third kappa shape index (κ3) is 4.39. The van der Waals surface area contributed by atoms with Gasteiger partial charge in [-0.3, -0.25) is 0 Å². The number of hydrogen-bond donors (Lipinski definition) is 1. The van der Waals surface area contributed by atoms with Crippen LogP contribution >= 0.6 is 0 Å². The number of nitrogens with zero attached hydrogens (tertiary/aromatic N) is 1. The van der Waals surface area contributed by atoms with Crippen LogP contribution in [0, 0.1) is 0 Å². The summed E-state index contributed by atoms with van der Waals surface area (Å²) in [7, 11) is 0. The average molecular weight is 234 g/mol. The minimum Gasteiger partial charge on any atom is -0.372 e. The van der Waals surface area contributed by atoms with Gasteiger partial charge in [-0.15, -0.1) is 0 Å². The van der Waals surface area contributed by atoms with Crippen LogP contribution in [0.25, 0.3) is 0 Å². The second-order valence-corrected chi connectivity index (χ2v) is 4.53. The van der Waals surface area contributed by atoms with Crippen LogP contribution in [-0.4, -0.2) is 19.1 Å². The molecule has 1 N–H and O–H groups in total. The summed E-state index contributed by atoms with van der Waals surface area (Å²) >= 11 is 0. The number of hydrogen-bond acceptors (Lipinski definition) is 2. The topological polar surface area (TPSA) is 15.3 Å². The Hall–Kier alpha value is -1.02. The third-order valence-corrected chi connectivity index (χ3v) is 3.33. The summed E-state index contributed by atoms with van der Waals surface area (Å²) in [6.07, 6.45) is 1.18. The highest BCUT2D eigenvalue weighted by molar-refractivity contribution is 5.47. The van der Waals surface area contributed by atoms with E-state index in [9.17, 15) is 0 Å². The minimum atomic E-state index is 0.595. The Kier molecular flexibility index (Phi) is 6.06. The molecule has 17 heavy (non-hydrogen) atoms. The molecule has 0 heterocycles. The van der Waals surface area contributed by atoms with Crippen LogP contribution in [0.4, 0.5) is 5.69 Å². The van der Waals surface area contributed by atoms with Gasteiger partial charge in [-0.2, -0.15) is 0 Å². The Bertz CT molecular complexity index is 301. The van der Waals surface area contributed by atoms with Crippen molar-refractivity contribution in [1.82, 2.24) is 5.32 Å². The maximum Gasteiger partial charge on any atom is 0.0366 e. The minimum absolute atomic E-state index is 0.595. The zero-order valence-electron chi connectivity index (χ0n) is 11.7. The molecule has 0 aromatic heterocycles. The summed E-state index contributed by atoms with van der Waals surface area (Å²) in [4.78, 5) is 2.37. The molecule has 0 aliphatic rings. The van der Waals surface area contributed by atoms with Gasteiger partial charge in [0.1, 0.15) is 0 Å². The fourth-order valence-corrected chi connectivity index (χ4v) is 1.85. The zero-order valence-corrected chi connectivity index (χ0v) is 11.7. The molecule has 96 valence electrons. The number of nitrogens with one attached hydrogen (secondary N) is 1. The van der Waals surface area contributed by atoms with Crippen molar-refractivity contribution in [3.05, 3.63) is 29.8 Å². The third-order valence-electron chi connectivity index (χ3n) is 3.33. The number of benzene rings is 1. The van der Waals surface area contributed by atoms with E-state index in [-0.39, 0.29) is 0 Å². The van der Waals surface area contributed by atoms with Gasteiger partial charge in [-0.1, -0.05) is 19.1 Å². The molecule has 0 spiro atoms. The molecule has 0 amide bonds. The van der Waals surface area contributed by atoms with E-state index in [1.54, 1.807) is 0 Å². The van der Waals surface area contributed by atoms with Gasteiger partial charge in [-0.05, 0) is 44.9 Å². The predicted octanol–water partition coefficient (Wildman–Crippen LogP) is 3.42.